The van der Waals surface area contributed by atoms with Crippen molar-refractivity contribution < 1.29 is 13.7 Å². The van der Waals surface area contributed by atoms with Crippen molar-refractivity contribution in [3.05, 3.63) is 76.3 Å². The van der Waals surface area contributed by atoms with E-state index in [4.69, 9.17) is 16.1 Å². The fourth-order valence-electron chi connectivity index (χ4n) is 3.19. The Morgan fingerprint density at radius 3 is 2.73 bits per heavy atom. The van der Waals surface area contributed by atoms with Crippen molar-refractivity contribution >= 4 is 17.5 Å². The number of carbonyl (C=O) groups excluding carboxylic acids is 1. The quantitative estimate of drug-likeness (QED) is 0.722. The van der Waals surface area contributed by atoms with Crippen LogP contribution in [0.4, 0.5) is 4.39 Å². The highest BCUT2D eigenvalue weighted by atomic mass is 35.5. The third kappa shape index (κ3) is 2.99. The van der Waals surface area contributed by atoms with Crippen LogP contribution in [0.5, 0.6) is 0 Å². The van der Waals surface area contributed by atoms with Gasteiger partial charge in [-0.3, -0.25) is 4.79 Å². The second kappa shape index (κ2) is 6.57. The third-order valence-electron chi connectivity index (χ3n) is 4.63. The molecule has 2 atom stereocenters. The molecule has 1 saturated carbocycles. The molecule has 1 amide bonds. The minimum atomic E-state index is -0.289. The van der Waals surface area contributed by atoms with Crippen LogP contribution in [0.15, 0.2) is 53.1 Å². The minimum absolute atomic E-state index is 0.0101. The molecule has 0 saturated heterocycles. The van der Waals surface area contributed by atoms with Gasteiger partial charge in [0.05, 0.1) is 5.02 Å². The van der Waals surface area contributed by atoms with E-state index in [0.29, 0.717) is 39.6 Å². The van der Waals surface area contributed by atoms with Crippen LogP contribution in [0.1, 0.15) is 34.0 Å². The smallest absolute Gasteiger partial charge is 0.257 e. The maximum atomic E-state index is 13.9. The van der Waals surface area contributed by atoms with Gasteiger partial charge >= 0.3 is 0 Å². The van der Waals surface area contributed by atoms with Crippen LogP contribution in [0.2, 0.25) is 5.02 Å². The molecule has 0 unspecified atom stereocenters. The summed E-state index contributed by atoms with van der Waals surface area (Å²) in [6, 6.07) is 13.7. The number of benzene rings is 2. The zero-order chi connectivity index (χ0) is 18.3. The first kappa shape index (κ1) is 16.8. The Bertz CT molecular complexity index is 985. The second-order valence-electron chi connectivity index (χ2n) is 6.39. The summed E-state index contributed by atoms with van der Waals surface area (Å²) in [5, 5.41) is 7.45. The van der Waals surface area contributed by atoms with Crippen LogP contribution >= 0.6 is 11.6 Å². The Kier molecular flexibility index (Phi) is 4.24. The van der Waals surface area contributed by atoms with E-state index >= 15 is 0 Å². The van der Waals surface area contributed by atoms with Crippen LogP contribution in [-0.4, -0.2) is 17.1 Å². The number of nitrogens with one attached hydrogen (secondary N) is 1. The maximum Gasteiger partial charge on any atom is 0.257 e. The van der Waals surface area contributed by atoms with E-state index in [9.17, 15) is 9.18 Å². The monoisotopic (exact) mass is 370 g/mol. The van der Waals surface area contributed by atoms with Crippen molar-refractivity contribution in [1.82, 2.24) is 10.5 Å². The van der Waals surface area contributed by atoms with Gasteiger partial charge in [0.25, 0.3) is 5.91 Å². The predicted octanol–water partition coefficient (Wildman–Crippen LogP) is 4.73. The molecule has 4 nitrogen and oxygen atoms in total. The molecule has 1 aliphatic carbocycles. The lowest BCUT2D eigenvalue weighted by atomic mass is 10.1. The number of nitrogens with zero attached hydrogens (tertiary/aromatic N) is 1. The fourth-order valence-corrected chi connectivity index (χ4v) is 3.42. The van der Waals surface area contributed by atoms with Gasteiger partial charge < -0.3 is 9.84 Å². The summed E-state index contributed by atoms with van der Waals surface area (Å²) in [6.45, 7) is 1.68. The molecule has 0 bridgehead atoms. The highest BCUT2D eigenvalue weighted by Crippen LogP contribution is 2.42. The number of aromatic nitrogens is 1. The van der Waals surface area contributed by atoms with Crippen molar-refractivity contribution in [3.8, 4) is 11.3 Å². The van der Waals surface area contributed by atoms with Crippen molar-refractivity contribution in [1.29, 1.82) is 0 Å². The molecule has 0 radical (unpaired) electrons. The lowest BCUT2D eigenvalue weighted by Gasteiger charge is -2.07. The van der Waals surface area contributed by atoms with Gasteiger partial charge in [-0.15, -0.1) is 0 Å². The largest absolute Gasteiger partial charge is 0.360 e. The number of aryl methyl sites for hydroxylation is 1. The van der Waals surface area contributed by atoms with Gasteiger partial charge in [0, 0.05) is 17.5 Å². The molecule has 6 heteroatoms. The highest BCUT2D eigenvalue weighted by molar-refractivity contribution is 6.33. The van der Waals surface area contributed by atoms with E-state index in [2.05, 4.69) is 10.5 Å². The third-order valence-corrected chi connectivity index (χ3v) is 4.96. The van der Waals surface area contributed by atoms with E-state index < -0.39 is 0 Å². The molecule has 1 heterocycles. The molecule has 132 valence electrons. The van der Waals surface area contributed by atoms with Gasteiger partial charge in [0.1, 0.15) is 22.8 Å². The number of hydrogen-bond donors (Lipinski definition) is 1. The van der Waals surface area contributed by atoms with E-state index in [0.717, 1.165) is 0 Å². The van der Waals surface area contributed by atoms with Crippen LogP contribution in [0.3, 0.4) is 0 Å². The van der Waals surface area contributed by atoms with E-state index in [1.165, 1.54) is 6.07 Å². The first-order valence-electron chi connectivity index (χ1n) is 8.32. The number of amides is 1. The van der Waals surface area contributed by atoms with Gasteiger partial charge in [-0.1, -0.05) is 53.2 Å². The second-order valence-corrected chi connectivity index (χ2v) is 6.79. The average molecular weight is 371 g/mol. The van der Waals surface area contributed by atoms with Crippen molar-refractivity contribution in [2.75, 3.05) is 0 Å². The highest BCUT2D eigenvalue weighted by Gasteiger charge is 2.41. The molecule has 2 aromatic carbocycles. The summed E-state index contributed by atoms with van der Waals surface area (Å²) in [4.78, 5) is 12.8. The number of hydrogen-bond acceptors (Lipinski definition) is 3. The van der Waals surface area contributed by atoms with Gasteiger partial charge in [-0.25, -0.2) is 4.39 Å². The molecule has 3 aromatic rings. The maximum absolute atomic E-state index is 13.9. The normalized spacial score (nSPS) is 18.6. The average Bonchev–Trinajstić information content (AvgIpc) is 3.27. The van der Waals surface area contributed by atoms with Crippen molar-refractivity contribution in [3.63, 3.8) is 0 Å². The molecule has 1 aliphatic rings. The summed E-state index contributed by atoms with van der Waals surface area (Å²) in [7, 11) is 0. The van der Waals surface area contributed by atoms with E-state index in [1.807, 2.05) is 12.1 Å². The summed E-state index contributed by atoms with van der Waals surface area (Å²) in [5.74, 6) is -0.126. The lowest BCUT2D eigenvalue weighted by molar-refractivity contribution is 0.0949. The van der Waals surface area contributed by atoms with E-state index in [1.54, 1.807) is 37.3 Å². The summed E-state index contributed by atoms with van der Waals surface area (Å²) in [6.07, 6.45) is 0.707. The Labute approximate surface area is 155 Å². The molecular weight excluding hydrogens is 355 g/mol. The fraction of sp³-hybridized carbons (Fsp3) is 0.200. The van der Waals surface area contributed by atoms with Gasteiger partial charge in [0.2, 0.25) is 0 Å². The lowest BCUT2D eigenvalue weighted by Crippen LogP contribution is -2.27. The molecule has 0 aliphatic heterocycles. The standard InChI is InChI=1S/C20H16ClFN2O2/c1-11-18(19(24-26-11)13-7-2-4-8-15(13)21)20(25)23-17-10-14(17)12-6-3-5-9-16(12)22/h2-9,14,17H,10H2,1H3,(H,23,25)/t14-,17-/m1/s1. The summed E-state index contributed by atoms with van der Waals surface area (Å²) in [5.41, 5.74) is 2.04. The predicted molar refractivity (Wildman–Crippen MR) is 96.7 cm³/mol. The van der Waals surface area contributed by atoms with Crippen molar-refractivity contribution in [2.45, 2.75) is 25.3 Å². The number of carbonyl (C=O) groups is 1. The Morgan fingerprint density at radius 1 is 1.23 bits per heavy atom. The molecule has 1 N–H and O–H groups in total. The topological polar surface area (TPSA) is 55.1 Å². The van der Waals surface area contributed by atoms with Gasteiger partial charge in [-0.2, -0.15) is 0 Å². The molecule has 0 spiro atoms. The summed E-state index contributed by atoms with van der Waals surface area (Å²) < 4.78 is 19.1. The number of halogens is 2. The molecule has 4 rings (SSSR count). The van der Waals surface area contributed by atoms with Crippen LogP contribution in [0.25, 0.3) is 11.3 Å². The first-order valence-corrected chi connectivity index (χ1v) is 8.70. The minimum Gasteiger partial charge on any atom is -0.360 e. The molecule has 1 fully saturated rings. The summed E-state index contributed by atoms with van der Waals surface area (Å²) >= 11 is 6.23. The van der Waals surface area contributed by atoms with Gasteiger partial charge in [0.15, 0.2) is 0 Å². The first-order chi connectivity index (χ1) is 12.6. The van der Waals surface area contributed by atoms with Crippen LogP contribution in [0, 0.1) is 12.7 Å². The molecule has 26 heavy (non-hydrogen) atoms. The molecule has 1 aromatic heterocycles. The Hall–Kier alpha value is -2.66. The Balaban J connectivity index is 1.56. The van der Waals surface area contributed by atoms with Gasteiger partial charge in [-0.05, 0) is 31.0 Å². The molecular formula is C20H16ClFN2O2. The SMILES string of the molecule is Cc1onc(-c2ccccc2Cl)c1C(=O)N[C@@H]1C[C@@H]1c1ccccc1F. The van der Waals surface area contributed by atoms with E-state index in [-0.39, 0.29) is 23.7 Å². The number of rotatable bonds is 4. The van der Waals surface area contributed by atoms with Crippen LogP contribution in [-0.2, 0) is 0 Å². The Morgan fingerprint density at radius 2 is 1.96 bits per heavy atom. The van der Waals surface area contributed by atoms with Crippen molar-refractivity contribution in [2.24, 2.45) is 0 Å². The zero-order valence-corrected chi connectivity index (χ0v) is 14.8. The zero-order valence-electron chi connectivity index (χ0n) is 14.0. The van der Waals surface area contributed by atoms with Crippen LogP contribution < -0.4 is 5.32 Å².